The molecule has 228 valence electrons. The molecule has 2 heterocycles. The van der Waals surface area contributed by atoms with E-state index in [2.05, 4.69) is 15.6 Å². The summed E-state index contributed by atoms with van der Waals surface area (Å²) in [5.74, 6) is -2.83. The van der Waals surface area contributed by atoms with Crippen LogP contribution in [-0.4, -0.2) is 58.7 Å². The van der Waals surface area contributed by atoms with Gasteiger partial charge in [-0.2, -0.15) is 4.31 Å². The van der Waals surface area contributed by atoms with Crippen LogP contribution in [0.25, 0.3) is 0 Å². The van der Waals surface area contributed by atoms with E-state index in [-0.39, 0.29) is 49.9 Å². The summed E-state index contributed by atoms with van der Waals surface area (Å²) in [5, 5.41) is 14.7. The molecular formula is C27H24Cl4N4O7S. The van der Waals surface area contributed by atoms with Gasteiger partial charge in [0.15, 0.2) is 0 Å². The molecule has 1 aromatic heterocycles. The average Bonchev–Trinajstić information content (AvgIpc) is 3.34. The molecule has 2 atom stereocenters. The van der Waals surface area contributed by atoms with Crippen LogP contribution in [0.15, 0.2) is 58.4 Å². The zero-order valence-electron chi connectivity index (χ0n) is 22.3. The third kappa shape index (κ3) is 7.00. The number of aliphatic carboxylic acids is 1. The van der Waals surface area contributed by atoms with Crippen molar-refractivity contribution in [2.45, 2.75) is 42.7 Å². The Kier molecular flexibility index (Phi) is 9.79. The second kappa shape index (κ2) is 12.8. The van der Waals surface area contributed by atoms with Gasteiger partial charge in [0.25, 0.3) is 11.5 Å². The van der Waals surface area contributed by atoms with Crippen molar-refractivity contribution >= 4 is 79.9 Å². The van der Waals surface area contributed by atoms with Crippen LogP contribution >= 0.6 is 46.4 Å². The molecule has 0 aliphatic carbocycles. The topological polar surface area (TPSA) is 166 Å². The van der Waals surface area contributed by atoms with E-state index in [1.165, 1.54) is 49.4 Å². The van der Waals surface area contributed by atoms with Gasteiger partial charge in [-0.05, 0) is 55.7 Å². The molecule has 1 aliphatic heterocycles. The third-order valence-electron chi connectivity index (χ3n) is 6.96. The monoisotopic (exact) mass is 688 g/mol. The fraction of sp³-hybridized carbons (Fsp3) is 0.259. The first-order valence-electron chi connectivity index (χ1n) is 12.6. The molecule has 0 spiro atoms. The van der Waals surface area contributed by atoms with E-state index in [1.807, 2.05) is 0 Å². The molecule has 43 heavy (non-hydrogen) atoms. The number of aromatic nitrogens is 1. The number of nitrogens with zero attached hydrogens (tertiary/aromatic N) is 1. The Bertz CT molecular complexity index is 1750. The normalized spacial score (nSPS) is 17.8. The third-order valence-corrected chi connectivity index (χ3v) is 10.1. The van der Waals surface area contributed by atoms with Crippen molar-refractivity contribution in [2.75, 3.05) is 11.9 Å². The van der Waals surface area contributed by atoms with Crippen molar-refractivity contribution in [2.24, 2.45) is 0 Å². The maximum absolute atomic E-state index is 13.5. The van der Waals surface area contributed by atoms with Crippen LogP contribution in [0.3, 0.4) is 0 Å². The number of carboxylic acids is 1. The number of sulfonamides is 1. The minimum Gasteiger partial charge on any atom is -0.480 e. The SMILES string of the molecule is C[C@@]1(C(=O)N[C@@H](Cc2ccc(NC(=O)c3c(Cl)c[nH]c(=O)c3Cl)cc2)C(=O)O)CCCN1S(=O)(=O)c1cc(Cl)cc(Cl)c1. The van der Waals surface area contributed by atoms with Crippen molar-refractivity contribution < 1.29 is 27.9 Å². The van der Waals surface area contributed by atoms with Crippen molar-refractivity contribution in [1.82, 2.24) is 14.6 Å². The van der Waals surface area contributed by atoms with Crippen LogP contribution in [0, 0.1) is 0 Å². The summed E-state index contributed by atoms with van der Waals surface area (Å²) in [4.78, 5) is 52.1. The highest BCUT2D eigenvalue weighted by molar-refractivity contribution is 7.89. The van der Waals surface area contributed by atoms with E-state index in [9.17, 15) is 32.7 Å². The fourth-order valence-corrected chi connectivity index (χ4v) is 7.77. The van der Waals surface area contributed by atoms with Gasteiger partial charge in [-0.1, -0.05) is 58.5 Å². The Balaban J connectivity index is 1.48. The molecule has 1 saturated heterocycles. The average molecular weight is 690 g/mol. The molecule has 1 aliphatic rings. The van der Waals surface area contributed by atoms with Gasteiger partial charge in [0.2, 0.25) is 15.9 Å². The molecule has 0 bridgehead atoms. The number of anilines is 1. The number of benzene rings is 2. The second-order valence-corrected chi connectivity index (χ2v) is 13.5. The van der Waals surface area contributed by atoms with Gasteiger partial charge >= 0.3 is 5.97 Å². The van der Waals surface area contributed by atoms with Crippen LogP contribution in [-0.2, 0) is 26.0 Å². The molecular weight excluding hydrogens is 666 g/mol. The zero-order valence-corrected chi connectivity index (χ0v) is 26.1. The number of hydrogen-bond donors (Lipinski definition) is 4. The Morgan fingerprint density at radius 1 is 1.07 bits per heavy atom. The molecule has 2 aromatic carbocycles. The number of hydrogen-bond acceptors (Lipinski definition) is 6. The zero-order chi connectivity index (χ0) is 31.7. The molecule has 16 heteroatoms. The molecule has 0 unspecified atom stereocenters. The van der Waals surface area contributed by atoms with Crippen molar-refractivity contribution in [3.63, 3.8) is 0 Å². The van der Waals surface area contributed by atoms with Crippen LogP contribution in [0.5, 0.6) is 0 Å². The Morgan fingerprint density at radius 2 is 1.70 bits per heavy atom. The molecule has 2 amide bonds. The summed E-state index contributed by atoms with van der Waals surface area (Å²) in [5.41, 5.74) is -1.67. The largest absolute Gasteiger partial charge is 0.480 e. The lowest BCUT2D eigenvalue weighted by Crippen LogP contribution is -2.58. The summed E-state index contributed by atoms with van der Waals surface area (Å²) in [6.07, 6.45) is 1.53. The highest BCUT2D eigenvalue weighted by atomic mass is 35.5. The number of carbonyl (C=O) groups excluding carboxylic acids is 2. The molecule has 11 nitrogen and oxygen atoms in total. The number of halogens is 4. The number of nitrogens with one attached hydrogen (secondary N) is 3. The van der Waals surface area contributed by atoms with Crippen molar-refractivity contribution in [3.05, 3.63) is 90.2 Å². The van der Waals surface area contributed by atoms with Crippen LogP contribution in [0.1, 0.15) is 35.7 Å². The first-order valence-corrected chi connectivity index (χ1v) is 15.6. The minimum atomic E-state index is -4.21. The van der Waals surface area contributed by atoms with Crippen LogP contribution in [0.2, 0.25) is 20.1 Å². The Hall–Kier alpha value is -3.13. The fourth-order valence-electron chi connectivity index (χ4n) is 4.71. The first-order chi connectivity index (χ1) is 20.1. The molecule has 4 N–H and O–H groups in total. The van der Waals surface area contributed by atoms with E-state index in [0.29, 0.717) is 17.7 Å². The summed E-state index contributed by atoms with van der Waals surface area (Å²) in [6.45, 7) is 1.48. The maximum atomic E-state index is 13.5. The second-order valence-electron chi connectivity index (χ2n) is 9.93. The van der Waals surface area contributed by atoms with Crippen LogP contribution in [0.4, 0.5) is 5.69 Å². The highest BCUT2D eigenvalue weighted by Gasteiger charge is 2.50. The molecule has 0 saturated carbocycles. The highest BCUT2D eigenvalue weighted by Crippen LogP contribution is 2.36. The van der Waals surface area contributed by atoms with E-state index in [0.717, 1.165) is 10.5 Å². The van der Waals surface area contributed by atoms with Gasteiger partial charge in [0.05, 0.1) is 15.5 Å². The van der Waals surface area contributed by atoms with Crippen molar-refractivity contribution in [1.29, 1.82) is 0 Å². The molecule has 4 rings (SSSR count). The van der Waals surface area contributed by atoms with Gasteiger partial charge in [-0.3, -0.25) is 14.4 Å². The lowest BCUT2D eigenvalue weighted by atomic mass is 9.97. The summed E-state index contributed by atoms with van der Waals surface area (Å²) in [6, 6.07) is 8.50. The van der Waals surface area contributed by atoms with E-state index in [1.54, 1.807) is 0 Å². The number of aromatic amines is 1. The molecule has 1 fully saturated rings. The number of carboxylic acid groups (broad SMARTS) is 1. The number of amides is 2. The number of H-pyrrole nitrogens is 1. The minimum absolute atomic E-state index is 0.0368. The maximum Gasteiger partial charge on any atom is 0.326 e. The quantitative estimate of drug-likeness (QED) is 0.255. The van der Waals surface area contributed by atoms with E-state index >= 15 is 0 Å². The summed E-state index contributed by atoms with van der Waals surface area (Å²) in [7, 11) is -4.21. The van der Waals surface area contributed by atoms with Gasteiger partial charge < -0.3 is 20.7 Å². The van der Waals surface area contributed by atoms with Crippen molar-refractivity contribution in [3.8, 4) is 0 Å². The Labute approximate surface area is 266 Å². The van der Waals surface area contributed by atoms with Gasteiger partial charge in [-0.25, -0.2) is 13.2 Å². The molecule has 0 radical (unpaired) electrons. The Morgan fingerprint density at radius 3 is 2.30 bits per heavy atom. The predicted molar refractivity (Wildman–Crippen MR) is 163 cm³/mol. The van der Waals surface area contributed by atoms with Crippen LogP contribution < -0.4 is 16.2 Å². The van der Waals surface area contributed by atoms with E-state index in [4.69, 9.17) is 46.4 Å². The lowest BCUT2D eigenvalue weighted by Gasteiger charge is -2.34. The van der Waals surface area contributed by atoms with E-state index < -0.39 is 44.9 Å². The standard InChI is InChI=1S/C27H24Cl4N4O7S/c1-27(7-2-8-35(27)43(41,42)18-11-15(28)10-16(29)12-18)26(40)34-20(25(38)39)9-14-3-5-17(6-4-14)33-23(36)21-19(30)13-32-24(37)22(21)31/h3-6,10-13,20H,2,7-9H2,1H3,(H,32,37)(H,33,36)(H,34,40)(H,38,39)/t20-,27-/m0/s1. The summed E-state index contributed by atoms with van der Waals surface area (Å²) < 4.78 is 28.0. The van der Waals surface area contributed by atoms with Gasteiger partial charge in [0.1, 0.15) is 16.6 Å². The molecule has 3 aromatic rings. The number of carbonyl (C=O) groups is 3. The predicted octanol–water partition coefficient (Wildman–Crippen LogP) is 4.60. The summed E-state index contributed by atoms with van der Waals surface area (Å²) >= 11 is 23.9. The smallest absolute Gasteiger partial charge is 0.326 e. The van der Waals surface area contributed by atoms with Gasteiger partial charge in [0, 0.05) is 34.9 Å². The lowest BCUT2D eigenvalue weighted by molar-refractivity contribution is -0.143. The number of pyridine rings is 1. The first kappa shape index (κ1) is 32.8. The number of rotatable bonds is 9. The van der Waals surface area contributed by atoms with Gasteiger partial charge in [-0.15, -0.1) is 0 Å².